The maximum absolute atomic E-state index is 10.6. The van der Waals surface area contributed by atoms with Gasteiger partial charge in [0, 0.05) is 17.8 Å². The van der Waals surface area contributed by atoms with Crippen LogP contribution in [0.3, 0.4) is 0 Å². The molecule has 1 aromatic carbocycles. The molecule has 2 aromatic rings. The number of anilines is 2. The molecule has 0 radical (unpaired) electrons. The summed E-state index contributed by atoms with van der Waals surface area (Å²) in [5, 5.41) is 13.7. The predicted molar refractivity (Wildman–Crippen MR) is 83.5 cm³/mol. The van der Waals surface area contributed by atoms with Crippen molar-refractivity contribution in [2.45, 2.75) is 31.8 Å². The Morgan fingerprint density at radius 3 is 2.73 bits per heavy atom. The molecule has 22 heavy (non-hydrogen) atoms. The molecule has 1 aliphatic carbocycles. The van der Waals surface area contributed by atoms with E-state index in [9.17, 15) is 10.1 Å². The molecular formula is C16H17N3O3. The van der Waals surface area contributed by atoms with Crippen LogP contribution in [0.2, 0.25) is 0 Å². The van der Waals surface area contributed by atoms with Gasteiger partial charge in [-0.2, -0.15) is 0 Å². The average molecular weight is 299 g/mol. The molecule has 1 N–H and O–H groups in total. The fourth-order valence-corrected chi connectivity index (χ4v) is 2.56. The summed E-state index contributed by atoms with van der Waals surface area (Å²) in [6.45, 7) is 0. The van der Waals surface area contributed by atoms with Gasteiger partial charge in [0.2, 0.25) is 0 Å². The summed E-state index contributed by atoms with van der Waals surface area (Å²) < 4.78 is 5.95. The maximum atomic E-state index is 10.6. The van der Waals surface area contributed by atoms with Gasteiger partial charge in [-0.25, -0.2) is 4.98 Å². The molecule has 0 atom stereocenters. The van der Waals surface area contributed by atoms with Gasteiger partial charge < -0.3 is 10.1 Å². The zero-order valence-corrected chi connectivity index (χ0v) is 12.1. The molecule has 3 rings (SSSR count). The second kappa shape index (κ2) is 6.43. The smallest absolute Gasteiger partial charge is 0.287 e. The lowest BCUT2D eigenvalue weighted by Crippen LogP contribution is -2.10. The van der Waals surface area contributed by atoms with Crippen LogP contribution in [0.5, 0.6) is 5.75 Å². The Morgan fingerprint density at radius 2 is 2.05 bits per heavy atom. The summed E-state index contributed by atoms with van der Waals surface area (Å²) >= 11 is 0. The summed E-state index contributed by atoms with van der Waals surface area (Å²) in [6, 6.07) is 10.7. The number of nitro groups is 1. The van der Waals surface area contributed by atoms with Crippen LogP contribution in [0, 0.1) is 10.1 Å². The minimum atomic E-state index is -0.465. The maximum Gasteiger partial charge on any atom is 0.287 e. The quantitative estimate of drug-likeness (QED) is 0.665. The highest BCUT2D eigenvalue weighted by atomic mass is 16.6. The number of nitrogens with zero attached hydrogens (tertiary/aromatic N) is 2. The van der Waals surface area contributed by atoms with Crippen molar-refractivity contribution in [3.05, 3.63) is 52.7 Å². The van der Waals surface area contributed by atoms with Crippen LogP contribution in [0.1, 0.15) is 25.7 Å². The Balaban J connectivity index is 1.67. The zero-order chi connectivity index (χ0) is 15.4. The molecule has 1 saturated carbocycles. The lowest BCUT2D eigenvalue weighted by Gasteiger charge is -2.14. The lowest BCUT2D eigenvalue weighted by atomic mass is 10.2. The van der Waals surface area contributed by atoms with Crippen molar-refractivity contribution >= 4 is 17.2 Å². The summed E-state index contributed by atoms with van der Waals surface area (Å²) in [7, 11) is 0. The number of hydrogen-bond donors (Lipinski definition) is 1. The molecule has 0 aliphatic heterocycles. The second-order valence-electron chi connectivity index (χ2n) is 5.34. The van der Waals surface area contributed by atoms with Gasteiger partial charge in [-0.1, -0.05) is 6.07 Å². The largest absolute Gasteiger partial charge is 0.490 e. The van der Waals surface area contributed by atoms with Crippen molar-refractivity contribution < 1.29 is 9.66 Å². The van der Waals surface area contributed by atoms with Gasteiger partial charge in [-0.05, 0) is 43.9 Å². The molecule has 6 heteroatoms. The fourth-order valence-electron chi connectivity index (χ4n) is 2.56. The molecule has 0 bridgehead atoms. The number of benzene rings is 1. The van der Waals surface area contributed by atoms with Gasteiger partial charge in [0.05, 0.1) is 11.0 Å². The first kappa shape index (κ1) is 14.3. The van der Waals surface area contributed by atoms with Crippen LogP contribution in [0.25, 0.3) is 0 Å². The summed E-state index contributed by atoms with van der Waals surface area (Å²) in [5.74, 6) is 1.39. The molecule has 0 unspecified atom stereocenters. The predicted octanol–water partition coefficient (Wildman–Crippen LogP) is 4.05. The number of rotatable bonds is 5. The van der Waals surface area contributed by atoms with E-state index in [-0.39, 0.29) is 5.69 Å². The van der Waals surface area contributed by atoms with E-state index in [1.54, 1.807) is 6.07 Å². The van der Waals surface area contributed by atoms with Crippen LogP contribution in [-0.4, -0.2) is 16.0 Å². The van der Waals surface area contributed by atoms with E-state index in [0.29, 0.717) is 11.9 Å². The Morgan fingerprint density at radius 1 is 1.23 bits per heavy atom. The third-order valence-corrected chi connectivity index (χ3v) is 3.67. The van der Waals surface area contributed by atoms with E-state index in [1.165, 1.54) is 25.1 Å². The van der Waals surface area contributed by atoms with Crippen molar-refractivity contribution in [3.63, 3.8) is 0 Å². The Labute approximate surface area is 128 Å². The van der Waals surface area contributed by atoms with Crippen molar-refractivity contribution in [1.82, 2.24) is 4.98 Å². The first-order valence-electron chi connectivity index (χ1n) is 7.35. The molecule has 1 aliphatic rings. The molecule has 1 fully saturated rings. The van der Waals surface area contributed by atoms with Crippen LogP contribution >= 0.6 is 0 Å². The van der Waals surface area contributed by atoms with E-state index >= 15 is 0 Å². The fraction of sp³-hybridized carbons (Fsp3) is 0.312. The zero-order valence-electron chi connectivity index (χ0n) is 12.1. The normalized spacial score (nSPS) is 14.7. The van der Waals surface area contributed by atoms with Crippen molar-refractivity contribution in [1.29, 1.82) is 0 Å². The highest BCUT2D eigenvalue weighted by Gasteiger charge is 2.16. The lowest BCUT2D eigenvalue weighted by molar-refractivity contribution is -0.385. The average Bonchev–Trinajstić information content (AvgIpc) is 3.01. The summed E-state index contributed by atoms with van der Waals surface area (Å²) in [5.41, 5.74) is 0.820. The van der Waals surface area contributed by atoms with Gasteiger partial charge in [0.15, 0.2) is 0 Å². The van der Waals surface area contributed by atoms with Crippen molar-refractivity contribution in [3.8, 4) is 5.75 Å². The molecule has 0 saturated heterocycles. The SMILES string of the molecule is O=[N+]([O-])c1ccc(Nc2cccc(OC3CCCC3)c2)nc1. The topological polar surface area (TPSA) is 77.3 Å². The van der Waals surface area contributed by atoms with Gasteiger partial charge in [-0.15, -0.1) is 0 Å². The third-order valence-electron chi connectivity index (χ3n) is 3.67. The Kier molecular flexibility index (Phi) is 4.18. The first-order chi connectivity index (χ1) is 10.7. The monoisotopic (exact) mass is 299 g/mol. The van der Waals surface area contributed by atoms with Crippen LogP contribution in [-0.2, 0) is 0 Å². The highest BCUT2D eigenvalue weighted by Crippen LogP contribution is 2.26. The highest BCUT2D eigenvalue weighted by molar-refractivity contribution is 5.58. The van der Waals surface area contributed by atoms with E-state index < -0.39 is 4.92 Å². The van der Waals surface area contributed by atoms with Crippen molar-refractivity contribution in [2.75, 3.05) is 5.32 Å². The number of aromatic nitrogens is 1. The van der Waals surface area contributed by atoms with E-state index in [4.69, 9.17) is 4.74 Å². The molecule has 1 heterocycles. The Hall–Kier alpha value is -2.63. The summed E-state index contributed by atoms with van der Waals surface area (Å²) in [4.78, 5) is 14.2. The van der Waals surface area contributed by atoms with Gasteiger partial charge >= 0.3 is 0 Å². The molecule has 0 amide bonds. The van der Waals surface area contributed by atoms with E-state index in [2.05, 4.69) is 10.3 Å². The molecule has 1 aromatic heterocycles. The third kappa shape index (κ3) is 3.52. The van der Waals surface area contributed by atoms with Gasteiger partial charge in [0.25, 0.3) is 5.69 Å². The number of hydrogen-bond acceptors (Lipinski definition) is 5. The van der Waals surface area contributed by atoms with Crippen molar-refractivity contribution in [2.24, 2.45) is 0 Å². The van der Waals surface area contributed by atoms with Crippen LogP contribution < -0.4 is 10.1 Å². The van der Waals surface area contributed by atoms with Crippen LogP contribution in [0.4, 0.5) is 17.2 Å². The number of ether oxygens (including phenoxy) is 1. The molecule has 0 spiro atoms. The van der Waals surface area contributed by atoms with Crippen LogP contribution in [0.15, 0.2) is 42.6 Å². The second-order valence-corrected chi connectivity index (χ2v) is 5.34. The van der Waals surface area contributed by atoms with Gasteiger partial charge in [-0.3, -0.25) is 10.1 Å². The molecular weight excluding hydrogens is 282 g/mol. The minimum absolute atomic E-state index is 0.0242. The standard InChI is InChI=1S/C16H17N3O3/c20-19(21)13-8-9-16(17-11-13)18-12-4-3-7-15(10-12)22-14-5-1-2-6-14/h3-4,7-11,14H,1-2,5-6H2,(H,17,18). The van der Waals surface area contributed by atoms with E-state index in [1.807, 2.05) is 24.3 Å². The van der Waals surface area contributed by atoms with Gasteiger partial charge in [0.1, 0.15) is 17.8 Å². The Bertz CT molecular complexity index is 652. The number of pyridine rings is 1. The summed E-state index contributed by atoms with van der Waals surface area (Å²) in [6.07, 6.45) is 6.24. The van der Waals surface area contributed by atoms with E-state index in [0.717, 1.165) is 24.3 Å². The molecule has 6 nitrogen and oxygen atoms in total. The first-order valence-corrected chi connectivity index (χ1v) is 7.35. The number of nitrogens with one attached hydrogen (secondary N) is 1. The molecule has 114 valence electrons. The minimum Gasteiger partial charge on any atom is -0.490 e.